The van der Waals surface area contributed by atoms with Crippen LogP contribution in [0.2, 0.25) is 0 Å². The quantitative estimate of drug-likeness (QED) is 0.828. The predicted octanol–water partition coefficient (Wildman–Crippen LogP) is 2.64. The fourth-order valence-electron chi connectivity index (χ4n) is 3.66. The lowest BCUT2D eigenvalue weighted by molar-refractivity contribution is 0.0640. The number of piperidine rings is 1. The van der Waals surface area contributed by atoms with Crippen LogP contribution in [0.1, 0.15) is 23.2 Å². The number of hydrogen-bond acceptors (Lipinski definition) is 4. The van der Waals surface area contributed by atoms with Gasteiger partial charge in [0, 0.05) is 31.5 Å². The molecule has 0 atom stereocenters. The normalized spacial score (nSPS) is 18.1. The number of likely N-dealkylation sites (tertiary alicyclic amines) is 1. The molecule has 3 amide bonds. The number of anilines is 1. The number of hydrazine groups is 1. The molecule has 2 N–H and O–H groups in total. The number of ether oxygens (including phenoxy) is 1. The number of methoxy groups -OCH3 is 1. The second-order valence-corrected chi connectivity index (χ2v) is 7.08. The zero-order valence-electron chi connectivity index (χ0n) is 15.7. The number of rotatable bonds is 3. The van der Waals surface area contributed by atoms with Crippen LogP contribution in [0.5, 0.6) is 5.75 Å². The van der Waals surface area contributed by atoms with Crippen LogP contribution in [0.4, 0.5) is 19.3 Å². The summed E-state index contributed by atoms with van der Waals surface area (Å²) in [5.41, 5.74) is 3.03. The van der Waals surface area contributed by atoms with Crippen LogP contribution in [0.3, 0.4) is 0 Å². The van der Waals surface area contributed by atoms with E-state index in [4.69, 9.17) is 4.74 Å². The summed E-state index contributed by atoms with van der Waals surface area (Å²) in [6.07, 6.45) is 0.907. The lowest BCUT2D eigenvalue weighted by Gasteiger charge is -2.38. The van der Waals surface area contributed by atoms with Crippen molar-refractivity contribution in [1.29, 1.82) is 0 Å². The number of halogens is 2. The Kier molecular flexibility index (Phi) is 4.83. The van der Waals surface area contributed by atoms with Gasteiger partial charge in [-0.3, -0.25) is 4.79 Å². The standard InChI is InChI=1S/C20H20F2N4O3/c1-29-17-6-5-13(11-16(17)22)18(27)25-9-7-20(8-10-25)23-19(28)26(24-20)15-4-2-3-14(21)12-15/h2-6,11-12,24H,7-10H2,1H3,(H,23,28). The molecular formula is C20H20F2N4O3. The zero-order valence-corrected chi connectivity index (χ0v) is 15.7. The van der Waals surface area contributed by atoms with Gasteiger partial charge in [-0.25, -0.2) is 24.0 Å². The lowest BCUT2D eigenvalue weighted by atomic mass is 9.97. The number of nitrogens with one attached hydrogen (secondary N) is 2. The highest BCUT2D eigenvalue weighted by Crippen LogP contribution is 2.28. The summed E-state index contributed by atoms with van der Waals surface area (Å²) < 4.78 is 32.3. The largest absolute Gasteiger partial charge is 0.494 e. The number of carbonyl (C=O) groups is 2. The molecule has 0 aliphatic carbocycles. The van der Waals surface area contributed by atoms with Crippen molar-refractivity contribution in [3.05, 3.63) is 59.7 Å². The fraction of sp³-hybridized carbons (Fsp3) is 0.300. The Balaban J connectivity index is 1.43. The van der Waals surface area contributed by atoms with Gasteiger partial charge in [0.25, 0.3) is 5.91 Å². The summed E-state index contributed by atoms with van der Waals surface area (Å²) in [6, 6.07) is 9.45. The minimum absolute atomic E-state index is 0.0782. The molecule has 152 valence electrons. The molecule has 9 heteroatoms. The third-order valence-electron chi connectivity index (χ3n) is 5.24. The second kappa shape index (κ2) is 7.32. The predicted molar refractivity (Wildman–Crippen MR) is 101 cm³/mol. The molecule has 4 rings (SSSR count). The maximum absolute atomic E-state index is 13.9. The number of nitrogens with zero attached hydrogens (tertiary/aromatic N) is 2. The van der Waals surface area contributed by atoms with Gasteiger partial charge in [-0.2, -0.15) is 0 Å². The average molecular weight is 402 g/mol. The van der Waals surface area contributed by atoms with Crippen LogP contribution in [0.15, 0.2) is 42.5 Å². The van der Waals surface area contributed by atoms with Crippen molar-refractivity contribution >= 4 is 17.6 Å². The van der Waals surface area contributed by atoms with E-state index < -0.39 is 17.3 Å². The van der Waals surface area contributed by atoms with Crippen molar-refractivity contribution in [2.75, 3.05) is 25.2 Å². The molecule has 2 aromatic carbocycles. The molecule has 0 bridgehead atoms. The van der Waals surface area contributed by atoms with Gasteiger partial charge in [-0.15, -0.1) is 0 Å². The third-order valence-corrected chi connectivity index (χ3v) is 5.24. The van der Waals surface area contributed by atoms with Gasteiger partial charge >= 0.3 is 6.03 Å². The summed E-state index contributed by atoms with van der Waals surface area (Å²) >= 11 is 0. The molecular weight excluding hydrogens is 382 g/mol. The van der Waals surface area contributed by atoms with Crippen LogP contribution < -0.4 is 20.5 Å². The van der Waals surface area contributed by atoms with Crippen molar-refractivity contribution in [2.24, 2.45) is 0 Å². The highest BCUT2D eigenvalue weighted by Gasteiger charge is 2.45. The molecule has 29 heavy (non-hydrogen) atoms. The summed E-state index contributed by atoms with van der Waals surface area (Å²) in [5, 5.41) is 4.18. The molecule has 2 aliphatic heterocycles. The zero-order chi connectivity index (χ0) is 20.6. The molecule has 2 heterocycles. The molecule has 1 spiro atoms. The number of benzene rings is 2. The van der Waals surface area contributed by atoms with E-state index in [0.717, 1.165) is 6.07 Å². The van der Waals surface area contributed by atoms with Gasteiger partial charge < -0.3 is 15.0 Å². The monoisotopic (exact) mass is 402 g/mol. The van der Waals surface area contributed by atoms with Crippen LogP contribution in [-0.4, -0.2) is 42.7 Å². The maximum atomic E-state index is 13.9. The minimum Gasteiger partial charge on any atom is -0.494 e. The topological polar surface area (TPSA) is 73.9 Å². The Labute approximate surface area is 166 Å². The first-order valence-electron chi connectivity index (χ1n) is 9.19. The molecule has 0 saturated carbocycles. The Morgan fingerprint density at radius 2 is 1.90 bits per heavy atom. The second-order valence-electron chi connectivity index (χ2n) is 7.08. The van der Waals surface area contributed by atoms with E-state index >= 15 is 0 Å². The van der Waals surface area contributed by atoms with E-state index in [9.17, 15) is 18.4 Å². The minimum atomic E-state index is -0.717. The van der Waals surface area contributed by atoms with Crippen LogP contribution in [0, 0.1) is 11.6 Å². The molecule has 2 fully saturated rings. The van der Waals surface area contributed by atoms with Crippen molar-refractivity contribution in [3.63, 3.8) is 0 Å². The first-order valence-corrected chi connectivity index (χ1v) is 9.19. The molecule has 7 nitrogen and oxygen atoms in total. The first kappa shape index (κ1) is 19.1. The molecule has 2 saturated heterocycles. The van der Waals surface area contributed by atoms with Gasteiger partial charge in [-0.05, 0) is 36.4 Å². The molecule has 0 aromatic heterocycles. The SMILES string of the molecule is COc1ccc(C(=O)N2CCC3(CC2)NC(=O)N(c2cccc(F)c2)N3)cc1F. The number of carbonyl (C=O) groups excluding carboxylic acids is 2. The Morgan fingerprint density at radius 1 is 1.14 bits per heavy atom. The number of hydrogen-bond donors (Lipinski definition) is 2. The lowest BCUT2D eigenvalue weighted by Crippen LogP contribution is -2.58. The van der Waals surface area contributed by atoms with E-state index in [2.05, 4.69) is 10.7 Å². The van der Waals surface area contributed by atoms with E-state index in [0.29, 0.717) is 31.6 Å². The van der Waals surface area contributed by atoms with Crippen molar-refractivity contribution in [3.8, 4) is 5.75 Å². The van der Waals surface area contributed by atoms with Gasteiger partial charge in [0.05, 0.1) is 12.8 Å². The van der Waals surface area contributed by atoms with Crippen LogP contribution in [0.25, 0.3) is 0 Å². The molecule has 2 aromatic rings. The van der Waals surface area contributed by atoms with Gasteiger partial charge in [-0.1, -0.05) is 6.07 Å². The Bertz CT molecular complexity index is 960. The van der Waals surface area contributed by atoms with Gasteiger partial charge in [0.1, 0.15) is 11.5 Å². The summed E-state index contributed by atoms with van der Waals surface area (Å²) in [7, 11) is 1.36. The average Bonchev–Trinajstić information content (AvgIpc) is 3.03. The summed E-state index contributed by atoms with van der Waals surface area (Å²) in [6.45, 7) is 0.744. The van der Waals surface area contributed by atoms with E-state index in [1.165, 1.54) is 42.5 Å². The Morgan fingerprint density at radius 3 is 2.55 bits per heavy atom. The van der Waals surface area contributed by atoms with Crippen LogP contribution in [-0.2, 0) is 0 Å². The van der Waals surface area contributed by atoms with E-state index in [-0.39, 0.29) is 23.3 Å². The number of amides is 3. The van der Waals surface area contributed by atoms with Crippen molar-refractivity contribution in [2.45, 2.75) is 18.5 Å². The highest BCUT2D eigenvalue weighted by atomic mass is 19.1. The Hall–Kier alpha value is -3.20. The molecule has 2 aliphatic rings. The smallest absolute Gasteiger partial charge is 0.338 e. The first-order chi connectivity index (χ1) is 13.9. The fourth-order valence-corrected chi connectivity index (χ4v) is 3.66. The van der Waals surface area contributed by atoms with Crippen molar-refractivity contribution in [1.82, 2.24) is 15.6 Å². The van der Waals surface area contributed by atoms with Crippen LogP contribution >= 0.6 is 0 Å². The van der Waals surface area contributed by atoms with E-state index in [1.807, 2.05) is 0 Å². The maximum Gasteiger partial charge on any atom is 0.338 e. The van der Waals surface area contributed by atoms with E-state index in [1.54, 1.807) is 11.0 Å². The third kappa shape index (κ3) is 3.61. The number of urea groups is 1. The summed E-state index contributed by atoms with van der Waals surface area (Å²) in [5.74, 6) is -1.24. The molecule has 0 unspecified atom stereocenters. The molecule has 0 radical (unpaired) electrons. The van der Waals surface area contributed by atoms with Gasteiger partial charge in [0.2, 0.25) is 0 Å². The van der Waals surface area contributed by atoms with Crippen molar-refractivity contribution < 1.29 is 23.1 Å². The van der Waals surface area contributed by atoms with Gasteiger partial charge in [0.15, 0.2) is 11.6 Å². The summed E-state index contributed by atoms with van der Waals surface area (Å²) in [4.78, 5) is 26.7. The highest BCUT2D eigenvalue weighted by molar-refractivity contribution is 5.95.